The molecule has 0 spiro atoms. The molecule has 4 nitrogen and oxygen atoms in total. The number of ether oxygens (including phenoxy) is 2. The van der Waals surface area contributed by atoms with E-state index in [1.807, 2.05) is 84.9 Å². The predicted molar refractivity (Wildman–Crippen MR) is 109 cm³/mol. The third-order valence-corrected chi connectivity index (χ3v) is 4.55. The second-order valence-corrected chi connectivity index (χ2v) is 6.65. The van der Waals surface area contributed by atoms with Crippen molar-refractivity contribution in [2.24, 2.45) is 0 Å². The number of hydrogen-bond acceptors (Lipinski definition) is 4. The van der Waals surface area contributed by atoms with Crippen LogP contribution in [0.4, 0.5) is 0 Å². The van der Waals surface area contributed by atoms with Gasteiger partial charge in [0.2, 0.25) is 0 Å². The fourth-order valence-electron chi connectivity index (χ4n) is 2.94. The van der Waals surface area contributed by atoms with E-state index in [0.717, 1.165) is 22.3 Å². The summed E-state index contributed by atoms with van der Waals surface area (Å²) < 4.78 is 11.4. The molecule has 0 radical (unpaired) electrons. The molecule has 0 bridgehead atoms. The lowest BCUT2D eigenvalue weighted by molar-refractivity contribution is 0.0205. The van der Waals surface area contributed by atoms with Crippen molar-refractivity contribution in [1.82, 2.24) is 0 Å². The monoisotopic (exact) mass is 378 g/mol. The molecular weight excluding hydrogens is 352 g/mol. The SMILES string of the molecule is O[C@H](COCc1ccccc1COC[C@@H](O)c1ccccc1)c1ccccc1. The van der Waals surface area contributed by atoms with Gasteiger partial charge in [-0.1, -0.05) is 84.9 Å². The van der Waals surface area contributed by atoms with Crippen molar-refractivity contribution in [3.05, 3.63) is 107 Å². The summed E-state index contributed by atoms with van der Waals surface area (Å²) in [5.41, 5.74) is 3.71. The van der Waals surface area contributed by atoms with Gasteiger partial charge in [-0.2, -0.15) is 0 Å². The molecule has 0 aliphatic heterocycles. The molecule has 3 rings (SSSR count). The highest BCUT2D eigenvalue weighted by Crippen LogP contribution is 2.17. The Morgan fingerprint density at radius 1 is 0.536 bits per heavy atom. The normalized spacial score (nSPS) is 13.2. The molecule has 0 heterocycles. The molecule has 3 aromatic rings. The van der Waals surface area contributed by atoms with Crippen LogP contribution in [0.2, 0.25) is 0 Å². The molecule has 0 aromatic heterocycles. The van der Waals surface area contributed by atoms with Gasteiger partial charge in [0.15, 0.2) is 0 Å². The van der Waals surface area contributed by atoms with E-state index >= 15 is 0 Å². The minimum atomic E-state index is -0.648. The molecule has 146 valence electrons. The third-order valence-electron chi connectivity index (χ3n) is 4.55. The van der Waals surface area contributed by atoms with Crippen molar-refractivity contribution in [2.75, 3.05) is 13.2 Å². The average molecular weight is 378 g/mol. The van der Waals surface area contributed by atoms with E-state index in [1.54, 1.807) is 0 Å². The Morgan fingerprint density at radius 2 is 0.893 bits per heavy atom. The smallest absolute Gasteiger partial charge is 0.102 e. The summed E-state index contributed by atoms with van der Waals surface area (Å²) in [4.78, 5) is 0. The number of hydrogen-bond donors (Lipinski definition) is 2. The summed E-state index contributed by atoms with van der Waals surface area (Å²) >= 11 is 0. The average Bonchev–Trinajstić information content (AvgIpc) is 2.76. The van der Waals surface area contributed by atoms with Gasteiger partial charge < -0.3 is 19.7 Å². The van der Waals surface area contributed by atoms with E-state index < -0.39 is 12.2 Å². The first kappa shape index (κ1) is 20.2. The first-order valence-corrected chi connectivity index (χ1v) is 9.42. The lowest BCUT2D eigenvalue weighted by Crippen LogP contribution is -2.10. The zero-order valence-corrected chi connectivity index (χ0v) is 15.8. The second-order valence-electron chi connectivity index (χ2n) is 6.65. The molecule has 4 heteroatoms. The molecular formula is C24H26O4. The van der Waals surface area contributed by atoms with Crippen LogP contribution in [0.5, 0.6) is 0 Å². The lowest BCUT2D eigenvalue weighted by Gasteiger charge is -2.15. The van der Waals surface area contributed by atoms with Crippen molar-refractivity contribution in [3.63, 3.8) is 0 Å². The maximum atomic E-state index is 10.2. The Labute approximate surface area is 166 Å². The summed E-state index contributed by atoms with van der Waals surface area (Å²) in [6, 6.07) is 26.8. The van der Waals surface area contributed by atoms with E-state index in [1.165, 1.54) is 0 Å². The van der Waals surface area contributed by atoms with Crippen LogP contribution in [-0.4, -0.2) is 23.4 Å². The summed E-state index contributed by atoms with van der Waals surface area (Å²) in [6.45, 7) is 1.24. The number of aliphatic hydroxyl groups excluding tert-OH is 2. The Kier molecular flexibility index (Phi) is 7.76. The lowest BCUT2D eigenvalue weighted by atomic mass is 10.1. The van der Waals surface area contributed by atoms with Gasteiger partial charge in [-0.05, 0) is 22.3 Å². The Hall–Kier alpha value is -2.50. The molecule has 0 amide bonds. The molecule has 3 aromatic carbocycles. The Morgan fingerprint density at radius 3 is 1.29 bits per heavy atom. The summed E-state index contributed by atoms with van der Waals surface area (Å²) in [5, 5.41) is 20.4. The van der Waals surface area contributed by atoms with E-state index in [4.69, 9.17) is 9.47 Å². The van der Waals surface area contributed by atoms with E-state index in [0.29, 0.717) is 13.2 Å². The standard InChI is InChI=1S/C24H26O4/c25-23(19-9-3-1-4-10-19)17-27-15-21-13-7-8-14-22(21)16-28-18-24(26)20-11-5-2-6-12-20/h1-14,23-26H,15-18H2/t23-,24-/m1/s1. The van der Waals surface area contributed by atoms with Gasteiger partial charge in [0.1, 0.15) is 12.2 Å². The largest absolute Gasteiger partial charge is 0.386 e. The summed E-state index contributed by atoms with van der Waals surface area (Å²) in [6.07, 6.45) is -1.30. The van der Waals surface area contributed by atoms with Gasteiger partial charge in [-0.15, -0.1) is 0 Å². The molecule has 0 saturated carbocycles. The second kappa shape index (κ2) is 10.7. The van der Waals surface area contributed by atoms with Gasteiger partial charge in [-0.3, -0.25) is 0 Å². The van der Waals surface area contributed by atoms with E-state index in [-0.39, 0.29) is 13.2 Å². The molecule has 0 aliphatic carbocycles. The minimum Gasteiger partial charge on any atom is -0.386 e. The van der Waals surface area contributed by atoms with Crippen molar-refractivity contribution in [1.29, 1.82) is 0 Å². The first-order chi connectivity index (χ1) is 13.7. The maximum Gasteiger partial charge on any atom is 0.102 e. The van der Waals surface area contributed by atoms with Crippen molar-refractivity contribution >= 4 is 0 Å². The van der Waals surface area contributed by atoms with Crippen molar-refractivity contribution in [3.8, 4) is 0 Å². The number of aliphatic hydroxyl groups is 2. The van der Waals surface area contributed by atoms with Crippen LogP contribution in [0.3, 0.4) is 0 Å². The van der Waals surface area contributed by atoms with Gasteiger partial charge in [0, 0.05) is 0 Å². The highest BCUT2D eigenvalue weighted by atomic mass is 16.5. The highest BCUT2D eigenvalue weighted by Gasteiger charge is 2.10. The molecule has 0 aliphatic rings. The third kappa shape index (κ3) is 6.01. The summed E-state index contributed by atoms with van der Waals surface area (Å²) in [5.74, 6) is 0. The molecule has 0 fully saturated rings. The highest BCUT2D eigenvalue weighted by molar-refractivity contribution is 5.26. The molecule has 0 unspecified atom stereocenters. The van der Waals surface area contributed by atoms with E-state index in [2.05, 4.69) is 0 Å². The van der Waals surface area contributed by atoms with Gasteiger partial charge >= 0.3 is 0 Å². The van der Waals surface area contributed by atoms with Crippen molar-refractivity contribution < 1.29 is 19.7 Å². The zero-order valence-electron chi connectivity index (χ0n) is 15.8. The number of benzene rings is 3. The first-order valence-electron chi connectivity index (χ1n) is 9.42. The van der Waals surface area contributed by atoms with Gasteiger partial charge in [0.05, 0.1) is 26.4 Å². The van der Waals surface area contributed by atoms with Crippen LogP contribution in [0.1, 0.15) is 34.5 Å². The van der Waals surface area contributed by atoms with Crippen LogP contribution < -0.4 is 0 Å². The minimum absolute atomic E-state index is 0.228. The van der Waals surface area contributed by atoms with Crippen LogP contribution in [0, 0.1) is 0 Å². The van der Waals surface area contributed by atoms with Crippen LogP contribution >= 0.6 is 0 Å². The Bertz CT molecular complexity index is 750. The van der Waals surface area contributed by atoms with Crippen LogP contribution in [0.15, 0.2) is 84.9 Å². The molecule has 0 saturated heterocycles. The number of rotatable bonds is 10. The van der Waals surface area contributed by atoms with Crippen molar-refractivity contribution in [2.45, 2.75) is 25.4 Å². The molecule has 2 atom stereocenters. The quantitative estimate of drug-likeness (QED) is 0.555. The topological polar surface area (TPSA) is 58.9 Å². The fourth-order valence-corrected chi connectivity index (χ4v) is 2.94. The zero-order chi connectivity index (χ0) is 19.6. The molecule has 2 N–H and O–H groups in total. The fraction of sp³-hybridized carbons (Fsp3) is 0.250. The van der Waals surface area contributed by atoms with Gasteiger partial charge in [-0.25, -0.2) is 0 Å². The predicted octanol–water partition coefficient (Wildman–Crippen LogP) is 4.19. The molecule has 28 heavy (non-hydrogen) atoms. The maximum absolute atomic E-state index is 10.2. The summed E-state index contributed by atoms with van der Waals surface area (Å²) in [7, 11) is 0. The van der Waals surface area contributed by atoms with Gasteiger partial charge in [0.25, 0.3) is 0 Å². The van der Waals surface area contributed by atoms with Crippen LogP contribution in [-0.2, 0) is 22.7 Å². The Balaban J connectivity index is 1.47. The van der Waals surface area contributed by atoms with E-state index in [9.17, 15) is 10.2 Å². The van der Waals surface area contributed by atoms with Crippen LogP contribution in [0.25, 0.3) is 0 Å².